The van der Waals surface area contributed by atoms with Gasteiger partial charge in [0.05, 0.1) is 10.0 Å². The third-order valence-electron chi connectivity index (χ3n) is 4.23. The molecule has 108 valence electrons. The minimum absolute atomic E-state index is 0.0950. The maximum atomic E-state index is 13.4. The van der Waals surface area contributed by atoms with Crippen molar-refractivity contribution in [3.63, 3.8) is 0 Å². The van der Waals surface area contributed by atoms with E-state index in [1.54, 1.807) is 12.1 Å². The number of aryl methyl sites for hydroxylation is 1. The Morgan fingerprint density at radius 1 is 1.20 bits per heavy atom. The van der Waals surface area contributed by atoms with Gasteiger partial charge in [-0.25, -0.2) is 0 Å². The van der Waals surface area contributed by atoms with Gasteiger partial charge in [0.2, 0.25) is 0 Å². The first-order valence-electron chi connectivity index (χ1n) is 6.31. The van der Waals surface area contributed by atoms with Crippen molar-refractivity contribution < 1.29 is 13.2 Å². The van der Waals surface area contributed by atoms with Crippen molar-refractivity contribution in [1.82, 2.24) is 4.98 Å². The smallest absolute Gasteiger partial charge is 0.357 e. The molecule has 0 radical (unpaired) electrons. The molecule has 1 aliphatic rings. The van der Waals surface area contributed by atoms with Gasteiger partial charge < -0.3 is 4.98 Å². The van der Waals surface area contributed by atoms with Crippen molar-refractivity contribution in [3.05, 3.63) is 33.4 Å². The Labute approximate surface area is 124 Å². The van der Waals surface area contributed by atoms with Crippen LogP contribution < -0.4 is 0 Å². The van der Waals surface area contributed by atoms with E-state index in [0.717, 1.165) is 5.39 Å². The second-order valence-corrected chi connectivity index (χ2v) is 6.29. The molecule has 1 aromatic carbocycles. The summed E-state index contributed by atoms with van der Waals surface area (Å²) < 4.78 is 40.3. The molecule has 3 rings (SSSR count). The number of rotatable bonds is 0. The van der Waals surface area contributed by atoms with Gasteiger partial charge in [-0.2, -0.15) is 13.2 Å². The number of hydrogen-bond acceptors (Lipinski definition) is 0. The normalized spacial score (nSPS) is 23.1. The van der Waals surface area contributed by atoms with E-state index < -0.39 is 11.6 Å². The van der Waals surface area contributed by atoms with Crippen LogP contribution in [0.25, 0.3) is 10.9 Å². The molecule has 0 bridgehead atoms. The highest BCUT2D eigenvalue weighted by Crippen LogP contribution is 2.50. The lowest BCUT2D eigenvalue weighted by Crippen LogP contribution is -2.42. The van der Waals surface area contributed by atoms with Crippen LogP contribution >= 0.6 is 23.2 Å². The molecule has 0 spiro atoms. The molecule has 1 nitrogen and oxygen atoms in total. The Kier molecular flexibility index (Phi) is 3.04. The zero-order chi connectivity index (χ0) is 14.7. The topological polar surface area (TPSA) is 15.8 Å². The largest absolute Gasteiger partial charge is 0.399 e. The maximum absolute atomic E-state index is 13.4. The van der Waals surface area contributed by atoms with Crippen LogP contribution in [0.2, 0.25) is 10.0 Å². The first-order valence-corrected chi connectivity index (χ1v) is 7.06. The highest BCUT2D eigenvalue weighted by molar-refractivity contribution is 6.42. The average molecular weight is 322 g/mol. The van der Waals surface area contributed by atoms with Gasteiger partial charge in [-0.3, -0.25) is 0 Å². The second kappa shape index (κ2) is 4.31. The fraction of sp³-hybridized carbons (Fsp3) is 0.429. The fourth-order valence-corrected chi connectivity index (χ4v) is 3.33. The molecule has 20 heavy (non-hydrogen) atoms. The standard InChI is InChI=1S/C14H12Cl2F3N/c1-13(14(17,18)19)4-2-3-7-8-5-9(15)10(16)6-11(8)20-12(7)13/h5-6,20H,2-4H2,1H3/t13-/m0/s1. The number of benzene rings is 1. The Bertz CT molecular complexity index is 690. The van der Waals surface area contributed by atoms with E-state index in [4.69, 9.17) is 23.2 Å². The Balaban J connectivity index is 2.31. The third-order valence-corrected chi connectivity index (χ3v) is 4.95. The average Bonchev–Trinajstić information content (AvgIpc) is 2.68. The number of fused-ring (bicyclic) bond motifs is 3. The number of alkyl halides is 3. The van der Waals surface area contributed by atoms with Crippen molar-refractivity contribution in [2.24, 2.45) is 0 Å². The van der Waals surface area contributed by atoms with Gasteiger partial charge in [0, 0.05) is 16.6 Å². The predicted molar refractivity (Wildman–Crippen MR) is 74.7 cm³/mol. The monoisotopic (exact) mass is 321 g/mol. The molecule has 6 heteroatoms. The highest BCUT2D eigenvalue weighted by atomic mass is 35.5. The van der Waals surface area contributed by atoms with Crippen molar-refractivity contribution >= 4 is 34.1 Å². The number of nitrogens with one attached hydrogen (secondary N) is 1. The molecule has 0 fully saturated rings. The molecule has 0 saturated carbocycles. The molecule has 0 unspecified atom stereocenters. The van der Waals surface area contributed by atoms with Crippen LogP contribution in [-0.2, 0) is 11.8 Å². The maximum Gasteiger partial charge on any atom is 0.399 e. The van der Waals surface area contributed by atoms with Crippen molar-refractivity contribution in [2.75, 3.05) is 0 Å². The minimum atomic E-state index is -4.28. The van der Waals surface area contributed by atoms with Crippen LogP contribution in [0, 0.1) is 0 Å². The first-order chi connectivity index (χ1) is 9.24. The molecule has 2 aromatic rings. The molecule has 0 aliphatic heterocycles. The summed E-state index contributed by atoms with van der Waals surface area (Å²) in [5.74, 6) is 0. The molecular weight excluding hydrogens is 310 g/mol. The zero-order valence-corrected chi connectivity index (χ0v) is 12.2. The summed E-state index contributed by atoms with van der Waals surface area (Å²) >= 11 is 11.9. The summed E-state index contributed by atoms with van der Waals surface area (Å²) in [5.41, 5.74) is -0.255. The van der Waals surface area contributed by atoms with Crippen molar-refractivity contribution in [1.29, 1.82) is 0 Å². The van der Waals surface area contributed by atoms with Crippen LogP contribution in [-0.4, -0.2) is 11.2 Å². The summed E-state index contributed by atoms with van der Waals surface area (Å²) in [6.45, 7) is 1.25. The van der Waals surface area contributed by atoms with E-state index in [2.05, 4.69) is 4.98 Å². The number of H-pyrrole nitrogens is 1. The number of aromatic nitrogens is 1. The lowest BCUT2D eigenvalue weighted by Gasteiger charge is -2.35. The van der Waals surface area contributed by atoms with Crippen molar-refractivity contribution in [2.45, 2.75) is 37.8 Å². The Morgan fingerprint density at radius 3 is 2.50 bits per heavy atom. The minimum Gasteiger partial charge on any atom is -0.357 e. The number of halogens is 5. The second-order valence-electron chi connectivity index (χ2n) is 5.47. The number of aromatic amines is 1. The van der Waals surface area contributed by atoms with E-state index in [0.29, 0.717) is 34.0 Å². The van der Waals surface area contributed by atoms with E-state index in [-0.39, 0.29) is 12.1 Å². The van der Waals surface area contributed by atoms with Gasteiger partial charge in [0.25, 0.3) is 0 Å². The summed E-state index contributed by atoms with van der Waals surface area (Å²) in [5, 5.41) is 1.44. The first kappa shape index (κ1) is 14.1. The Morgan fingerprint density at radius 2 is 1.85 bits per heavy atom. The summed E-state index contributed by atoms with van der Waals surface area (Å²) in [7, 11) is 0. The van der Waals surface area contributed by atoms with Crippen LogP contribution in [0.15, 0.2) is 12.1 Å². The predicted octanol–water partition coefficient (Wildman–Crippen LogP) is 5.63. The van der Waals surface area contributed by atoms with Gasteiger partial charge in [0.1, 0.15) is 5.41 Å². The molecular formula is C14H12Cl2F3N. The van der Waals surface area contributed by atoms with Gasteiger partial charge in [-0.05, 0) is 43.9 Å². The van der Waals surface area contributed by atoms with E-state index >= 15 is 0 Å². The molecule has 1 aliphatic carbocycles. The van der Waals surface area contributed by atoms with Crippen LogP contribution in [0.5, 0.6) is 0 Å². The van der Waals surface area contributed by atoms with Crippen LogP contribution in [0.1, 0.15) is 31.0 Å². The van der Waals surface area contributed by atoms with Gasteiger partial charge in [-0.15, -0.1) is 0 Å². The number of hydrogen-bond donors (Lipinski definition) is 1. The van der Waals surface area contributed by atoms with Crippen LogP contribution in [0.3, 0.4) is 0 Å². The molecule has 1 atom stereocenters. The molecule has 0 saturated heterocycles. The van der Waals surface area contributed by atoms with Gasteiger partial charge in [0.15, 0.2) is 0 Å². The highest BCUT2D eigenvalue weighted by Gasteiger charge is 2.55. The summed E-state index contributed by atoms with van der Waals surface area (Å²) in [4.78, 5) is 2.92. The Hall–Kier alpha value is -0.870. The zero-order valence-electron chi connectivity index (χ0n) is 10.7. The summed E-state index contributed by atoms with van der Waals surface area (Å²) in [6, 6.07) is 3.24. The summed E-state index contributed by atoms with van der Waals surface area (Å²) in [6.07, 6.45) is -3.05. The SMILES string of the molecule is C[C@]1(C(F)(F)F)CCCc2c1[nH]c1cc(Cl)c(Cl)cc21. The third kappa shape index (κ3) is 1.85. The molecule has 1 N–H and O–H groups in total. The lowest BCUT2D eigenvalue weighted by molar-refractivity contribution is -0.190. The fourth-order valence-electron chi connectivity index (χ4n) is 3.00. The van der Waals surface area contributed by atoms with E-state index in [1.807, 2.05) is 0 Å². The van der Waals surface area contributed by atoms with Gasteiger partial charge >= 0.3 is 6.18 Å². The van der Waals surface area contributed by atoms with E-state index in [9.17, 15) is 13.2 Å². The molecule has 1 heterocycles. The van der Waals surface area contributed by atoms with Crippen LogP contribution in [0.4, 0.5) is 13.2 Å². The molecule has 1 aromatic heterocycles. The van der Waals surface area contributed by atoms with Crippen molar-refractivity contribution in [3.8, 4) is 0 Å². The van der Waals surface area contributed by atoms with Gasteiger partial charge in [-0.1, -0.05) is 23.2 Å². The quantitative estimate of drug-likeness (QED) is 0.647. The van der Waals surface area contributed by atoms with E-state index in [1.165, 1.54) is 6.92 Å². The lowest BCUT2D eigenvalue weighted by atomic mass is 9.74. The molecule has 0 amide bonds.